The van der Waals surface area contributed by atoms with Crippen LogP contribution in [0.2, 0.25) is 0 Å². The number of hydrogen-bond donors (Lipinski definition) is 2. The zero-order valence-electron chi connectivity index (χ0n) is 26.3. The van der Waals surface area contributed by atoms with Crippen molar-refractivity contribution >= 4 is 17.9 Å². The average Bonchev–Trinajstić information content (AvgIpc) is 2.86. The topological polar surface area (TPSA) is 87.7 Å². The van der Waals surface area contributed by atoms with Crippen molar-refractivity contribution in [2.75, 3.05) is 6.54 Å². The molecule has 7 nitrogen and oxygen atoms in total. The van der Waals surface area contributed by atoms with Crippen LogP contribution in [0.3, 0.4) is 0 Å². The van der Waals surface area contributed by atoms with Crippen LogP contribution in [0.5, 0.6) is 0 Å². The van der Waals surface area contributed by atoms with Gasteiger partial charge in [0, 0.05) is 18.2 Å². The van der Waals surface area contributed by atoms with Crippen LogP contribution in [0, 0.1) is 24.2 Å². The van der Waals surface area contributed by atoms with Gasteiger partial charge in [-0.15, -0.1) is 6.42 Å². The van der Waals surface area contributed by atoms with Crippen molar-refractivity contribution < 1.29 is 19.1 Å². The molecule has 1 aromatic carbocycles. The van der Waals surface area contributed by atoms with Gasteiger partial charge in [-0.05, 0) is 76.8 Å². The largest absolute Gasteiger partial charge is 0.444 e. The summed E-state index contributed by atoms with van der Waals surface area (Å²) in [5.41, 5.74) is 0.445. The third-order valence-electron chi connectivity index (χ3n) is 6.60. The third kappa shape index (κ3) is 12.0. The van der Waals surface area contributed by atoms with Crippen LogP contribution in [-0.2, 0) is 14.3 Å². The zero-order valence-corrected chi connectivity index (χ0v) is 26.3. The molecule has 0 heterocycles. The summed E-state index contributed by atoms with van der Waals surface area (Å²) in [7, 11) is 0. The number of terminal acetylenes is 1. The van der Waals surface area contributed by atoms with Gasteiger partial charge in [0.05, 0.1) is 0 Å². The molecule has 3 unspecified atom stereocenters. The molecule has 7 heteroatoms. The van der Waals surface area contributed by atoms with E-state index in [1.54, 1.807) is 31.7 Å². The maximum Gasteiger partial charge on any atom is 0.408 e. The van der Waals surface area contributed by atoms with Crippen LogP contribution >= 0.6 is 0 Å². The quantitative estimate of drug-likeness (QED) is 0.188. The summed E-state index contributed by atoms with van der Waals surface area (Å²) >= 11 is 0. The van der Waals surface area contributed by atoms with Crippen molar-refractivity contribution in [3.8, 4) is 12.3 Å². The lowest BCUT2D eigenvalue weighted by Crippen LogP contribution is -2.56. The monoisotopic (exact) mass is 555 g/mol. The predicted octanol–water partition coefficient (Wildman–Crippen LogP) is 6.61. The molecule has 0 radical (unpaired) electrons. The van der Waals surface area contributed by atoms with Gasteiger partial charge in [-0.25, -0.2) is 4.79 Å². The predicted molar refractivity (Wildman–Crippen MR) is 163 cm³/mol. The SMILES string of the molecule is C#Cc1ccccc1C(C(=O)NCCCCC)N(C(=O)C(CC(C)C)NC(=O)OC(C)(C)C)C(C)CCC(C)C. The third-order valence-corrected chi connectivity index (χ3v) is 6.60. The van der Waals surface area contributed by atoms with Gasteiger partial charge in [0.25, 0.3) is 0 Å². The highest BCUT2D eigenvalue weighted by Crippen LogP contribution is 2.30. The number of nitrogens with one attached hydrogen (secondary N) is 2. The van der Waals surface area contributed by atoms with E-state index in [1.807, 2.05) is 39.0 Å². The molecule has 3 amide bonds. The highest BCUT2D eigenvalue weighted by Gasteiger charge is 2.39. The normalized spacial score (nSPS) is 13.8. The summed E-state index contributed by atoms with van der Waals surface area (Å²) in [5, 5.41) is 5.87. The minimum Gasteiger partial charge on any atom is -0.444 e. The van der Waals surface area contributed by atoms with Crippen molar-refractivity contribution in [2.24, 2.45) is 11.8 Å². The molecule has 0 bridgehead atoms. The van der Waals surface area contributed by atoms with Crippen molar-refractivity contribution in [3.05, 3.63) is 35.4 Å². The van der Waals surface area contributed by atoms with Crippen LogP contribution < -0.4 is 10.6 Å². The lowest BCUT2D eigenvalue weighted by atomic mass is 9.93. The second-order valence-electron chi connectivity index (χ2n) is 12.5. The fourth-order valence-corrected chi connectivity index (χ4v) is 4.60. The fourth-order valence-electron chi connectivity index (χ4n) is 4.60. The minimum atomic E-state index is -0.946. The molecule has 0 saturated carbocycles. The van der Waals surface area contributed by atoms with Gasteiger partial charge in [0.2, 0.25) is 11.8 Å². The molecule has 3 atom stereocenters. The lowest BCUT2D eigenvalue weighted by molar-refractivity contribution is -0.145. The van der Waals surface area contributed by atoms with Crippen molar-refractivity contribution in [1.82, 2.24) is 15.5 Å². The van der Waals surface area contributed by atoms with Crippen LogP contribution in [-0.4, -0.2) is 47.0 Å². The number of carbonyl (C=O) groups excluding carboxylic acids is 3. The van der Waals surface area contributed by atoms with E-state index >= 15 is 0 Å². The van der Waals surface area contributed by atoms with Crippen molar-refractivity contribution in [2.45, 2.75) is 125 Å². The number of benzene rings is 1. The Balaban J connectivity index is 3.66. The van der Waals surface area contributed by atoms with Crippen LogP contribution in [0.25, 0.3) is 0 Å². The maximum atomic E-state index is 14.5. The molecule has 0 aliphatic heterocycles. The smallest absolute Gasteiger partial charge is 0.408 e. The van der Waals surface area contributed by atoms with Gasteiger partial charge in [0.1, 0.15) is 17.7 Å². The molecule has 224 valence electrons. The summed E-state index contributed by atoms with van der Waals surface area (Å²) in [6.07, 6.45) is 10.1. The summed E-state index contributed by atoms with van der Waals surface area (Å²) < 4.78 is 5.50. The van der Waals surface area contributed by atoms with Gasteiger partial charge < -0.3 is 20.3 Å². The molecular weight excluding hydrogens is 502 g/mol. The van der Waals surface area contributed by atoms with E-state index in [4.69, 9.17) is 11.2 Å². The van der Waals surface area contributed by atoms with Crippen LogP contribution in [0.1, 0.15) is 118 Å². The molecule has 1 rings (SSSR count). The van der Waals surface area contributed by atoms with E-state index in [0.717, 1.165) is 25.7 Å². The number of hydrogen-bond acceptors (Lipinski definition) is 4. The number of carbonyl (C=O) groups is 3. The zero-order chi connectivity index (χ0) is 30.5. The van der Waals surface area contributed by atoms with Crippen LogP contribution in [0.4, 0.5) is 4.79 Å². The molecule has 0 saturated heterocycles. The summed E-state index contributed by atoms with van der Waals surface area (Å²) in [5.74, 6) is 2.63. The molecule has 0 aromatic heterocycles. The number of alkyl carbamates (subject to hydrolysis) is 1. The Kier molecular flexibility index (Phi) is 14.8. The minimum absolute atomic E-state index is 0.107. The second-order valence-corrected chi connectivity index (χ2v) is 12.5. The Bertz CT molecular complexity index is 990. The molecule has 0 aliphatic rings. The van der Waals surface area contributed by atoms with Gasteiger partial charge in [-0.1, -0.05) is 71.6 Å². The molecule has 0 aliphatic carbocycles. The van der Waals surface area contributed by atoms with E-state index in [-0.39, 0.29) is 23.8 Å². The lowest BCUT2D eigenvalue weighted by Gasteiger charge is -2.39. The van der Waals surface area contributed by atoms with E-state index in [0.29, 0.717) is 36.4 Å². The van der Waals surface area contributed by atoms with E-state index in [2.05, 4.69) is 37.3 Å². The van der Waals surface area contributed by atoms with Crippen molar-refractivity contribution in [1.29, 1.82) is 0 Å². The Labute approximate surface area is 243 Å². The Morgan fingerprint density at radius 1 is 1.00 bits per heavy atom. The van der Waals surface area contributed by atoms with Crippen LogP contribution in [0.15, 0.2) is 24.3 Å². The number of amides is 3. The highest BCUT2D eigenvalue weighted by atomic mass is 16.6. The molecule has 0 fully saturated rings. The fraction of sp³-hybridized carbons (Fsp3) is 0.667. The average molecular weight is 556 g/mol. The second kappa shape index (κ2) is 16.9. The van der Waals surface area contributed by atoms with Gasteiger partial charge in [-0.3, -0.25) is 9.59 Å². The van der Waals surface area contributed by atoms with Crippen molar-refractivity contribution in [3.63, 3.8) is 0 Å². The number of unbranched alkanes of at least 4 members (excludes halogenated alkanes) is 2. The molecule has 2 N–H and O–H groups in total. The first-order chi connectivity index (χ1) is 18.7. The maximum absolute atomic E-state index is 14.5. The molecule has 40 heavy (non-hydrogen) atoms. The standard InChI is InChI=1S/C33H53N3O4/c1-11-13-16-21-34-30(37)29(27-18-15-14-17-26(27)12-2)36(25(7)20-19-23(3)4)31(38)28(22-24(5)6)35-32(39)40-33(8,9)10/h2,14-15,17-18,23-25,28-29H,11,13,16,19-22H2,1,3-10H3,(H,34,37)(H,35,39). The molecule has 0 spiro atoms. The Hall–Kier alpha value is -3.01. The van der Waals surface area contributed by atoms with Gasteiger partial charge in [-0.2, -0.15) is 0 Å². The number of ether oxygens (including phenoxy) is 1. The molecule has 1 aromatic rings. The number of nitrogens with zero attached hydrogens (tertiary/aromatic N) is 1. The van der Waals surface area contributed by atoms with E-state index in [9.17, 15) is 14.4 Å². The Morgan fingerprint density at radius 2 is 1.65 bits per heavy atom. The first-order valence-corrected chi connectivity index (χ1v) is 14.9. The summed E-state index contributed by atoms with van der Waals surface area (Å²) in [6.45, 7) is 18.2. The summed E-state index contributed by atoms with van der Waals surface area (Å²) in [6, 6.07) is 5.16. The molecular formula is C33H53N3O4. The first kappa shape index (κ1) is 35.0. The van der Waals surface area contributed by atoms with E-state index in [1.165, 1.54) is 0 Å². The Morgan fingerprint density at radius 3 is 2.20 bits per heavy atom. The van der Waals surface area contributed by atoms with Gasteiger partial charge >= 0.3 is 6.09 Å². The first-order valence-electron chi connectivity index (χ1n) is 14.9. The van der Waals surface area contributed by atoms with Gasteiger partial charge in [0.15, 0.2) is 0 Å². The van der Waals surface area contributed by atoms with E-state index < -0.39 is 23.8 Å². The highest BCUT2D eigenvalue weighted by molar-refractivity contribution is 5.92. The number of rotatable bonds is 15. The summed E-state index contributed by atoms with van der Waals surface area (Å²) in [4.78, 5) is 42.9.